The van der Waals surface area contributed by atoms with Gasteiger partial charge in [-0.1, -0.05) is 5.21 Å². The van der Waals surface area contributed by atoms with Crippen LogP contribution in [0.2, 0.25) is 0 Å². The van der Waals surface area contributed by atoms with Gasteiger partial charge in [0.05, 0.1) is 28.6 Å². The Morgan fingerprint density at radius 3 is 2.68 bits per heavy atom. The van der Waals surface area contributed by atoms with Crippen molar-refractivity contribution in [2.24, 2.45) is 0 Å². The number of aromatic nitrogens is 3. The fourth-order valence-electron chi connectivity index (χ4n) is 2.07. The molecule has 1 aromatic carbocycles. The first kappa shape index (κ1) is 12.0. The van der Waals surface area contributed by atoms with Crippen LogP contribution in [0.25, 0.3) is 11.0 Å². The van der Waals surface area contributed by atoms with E-state index in [1.165, 1.54) is 4.68 Å². The fourth-order valence-corrected chi connectivity index (χ4v) is 3.43. The first-order valence-electron chi connectivity index (χ1n) is 5.35. The smallest absolute Gasteiger partial charge is 0.338 e. The number of halogens is 1. The van der Waals surface area contributed by atoms with E-state index in [4.69, 9.17) is 5.11 Å². The number of aromatic carboxylic acids is 1. The monoisotopic (exact) mass is 285 g/mol. The van der Waals surface area contributed by atoms with E-state index < -0.39 is 27.2 Å². The average molecular weight is 285 g/mol. The van der Waals surface area contributed by atoms with E-state index in [0.717, 1.165) is 12.1 Å². The van der Waals surface area contributed by atoms with E-state index in [0.29, 0.717) is 5.52 Å². The highest BCUT2D eigenvalue weighted by molar-refractivity contribution is 7.92. The molecule has 1 aliphatic heterocycles. The van der Waals surface area contributed by atoms with Crippen molar-refractivity contribution in [3.8, 4) is 0 Å². The summed E-state index contributed by atoms with van der Waals surface area (Å²) in [5.74, 6) is -2.41. The maximum atomic E-state index is 13.6. The molecule has 0 spiro atoms. The molecule has 100 valence electrons. The predicted molar refractivity (Wildman–Crippen MR) is 62.1 cm³/mol. The largest absolute Gasteiger partial charge is 0.478 e. The van der Waals surface area contributed by atoms with Crippen molar-refractivity contribution in [3.63, 3.8) is 0 Å². The quantitative estimate of drug-likeness (QED) is 0.847. The number of carboxylic acid groups (broad SMARTS) is 1. The summed E-state index contributed by atoms with van der Waals surface area (Å²) in [5, 5.41) is 16.3. The van der Waals surface area contributed by atoms with E-state index in [9.17, 15) is 17.6 Å². The Hall–Kier alpha value is -2.03. The number of carbonyl (C=O) groups is 1. The molecule has 0 radical (unpaired) electrons. The summed E-state index contributed by atoms with van der Waals surface area (Å²) in [6.07, 6.45) is 0. The molecule has 1 aliphatic rings. The van der Waals surface area contributed by atoms with Crippen LogP contribution in [0, 0.1) is 5.82 Å². The highest BCUT2D eigenvalue weighted by atomic mass is 32.2. The molecule has 3 rings (SSSR count). The maximum Gasteiger partial charge on any atom is 0.338 e. The molecule has 1 fully saturated rings. The number of rotatable bonds is 2. The van der Waals surface area contributed by atoms with Gasteiger partial charge in [-0.15, -0.1) is 5.10 Å². The molecule has 1 saturated heterocycles. The highest BCUT2D eigenvalue weighted by Gasteiger charge is 2.36. The minimum atomic E-state index is -3.03. The van der Waals surface area contributed by atoms with Gasteiger partial charge in [0.25, 0.3) is 0 Å². The summed E-state index contributed by atoms with van der Waals surface area (Å²) in [5.41, 5.74) is 0.0336. The molecule has 0 saturated carbocycles. The van der Waals surface area contributed by atoms with Crippen LogP contribution in [0.1, 0.15) is 16.4 Å². The molecule has 0 bridgehead atoms. The SMILES string of the molecule is O=C(O)c1cc2nnn(C3CS(=O)(=O)C3)c2cc1F. The van der Waals surface area contributed by atoms with Crippen molar-refractivity contribution < 1.29 is 22.7 Å². The second kappa shape index (κ2) is 3.73. The molecule has 7 nitrogen and oxygen atoms in total. The van der Waals surface area contributed by atoms with E-state index in [-0.39, 0.29) is 23.1 Å². The Morgan fingerprint density at radius 1 is 1.42 bits per heavy atom. The van der Waals surface area contributed by atoms with Gasteiger partial charge in [0.1, 0.15) is 11.3 Å². The predicted octanol–water partition coefficient (Wildman–Crippen LogP) is 0.238. The molecule has 1 N–H and O–H groups in total. The summed E-state index contributed by atoms with van der Waals surface area (Å²) in [6, 6.07) is 1.73. The Morgan fingerprint density at radius 2 is 2.11 bits per heavy atom. The number of nitrogens with zero attached hydrogens (tertiary/aromatic N) is 3. The van der Waals surface area contributed by atoms with Gasteiger partial charge in [0.2, 0.25) is 0 Å². The van der Waals surface area contributed by atoms with Crippen LogP contribution in [0.4, 0.5) is 4.39 Å². The lowest BCUT2D eigenvalue weighted by molar-refractivity contribution is 0.0692. The lowest BCUT2D eigenvalue weighted by atomic mass is 10.2. The fraction of sp³-hybridized carbons (Fsp3) is 0.300. The van der Waals surface area contributed by atoms with Crippen LogP contribution in [0.3, 0.4) is 0 Å². The van der Waals surface area contributed by atoms with Crippen LogP contribution >= 0.6 is 0 Å². The number of hydrogen-bond donors (Lipinski definition) is 1. The zero-order valence-electron chi connectivity index (χ0n) is 9.45. The minimum Gasteiger partial charge on any atom is -0.478 e. The lowest BCUT2D eigenvalue weighted by Gasteiger charge is -2.25. The van der Waals surface area contributed by atoms with E-state index in [1.54, 1.807) is 0 Å². The Labute approximate surface area is 106 Å². The second-order valence-corrected chi connectivity index (χ2v) is 6.54. The van der Waals surface area contributed by atoms with Crippen LogP contribution in [-0.4, -0.2) is 46.0 Å². The molecule has 1 aromatic heterocycles. The van der Waals surface area contributed by atoms with Crippen molar-refractivity contribution in [2.75, 3.05) is 11.5 Å². The van der Waals surface area contributed by atoms with Crippen LogP contribution in [0.5, 0.6) is 0 Å². The van der Waals surface area contributed by atoms with Crippen molar-refractivity contribution >= 4 is 26.8 Å². The van der Waals surface area contributed by atoms with Crippen molar-refractivity contribution in [3.05, 3.63) is 23.5 Å². The lowest BCUT2D eigenvalue weighted by Crippen LogP contribution is -2.38. The second-order valence-electron chi connectivity index (χ2n) is 4.39. The highest BCUT2D eigenvalue weighted by Crippen LogP contribution is 2.27. The van der Waals surface area contributed by atoms with E-state index in [2.05, 4.69) is 10.3 Å². The Kier molecular flexibility index (Phi) is 2.36. The van der Waals surface area contributed by atoms with Gasteiger partial charge in [-0.2, -0.15) is 0 Å². The number of benzene rings is 1. The number of sulfone groups is 1. The van der Waals surface area contributed by atoms with Gasteiger partial charge in [-0.25, -0.2) is 22.3 Å². The molecule has 0 aliphatic carbocycles. The third-order valence-corrected chi connectivity index (χ3v) is 4.81. The van der Waals surface area contributed by atoms with Gasteiger partial charge in [-0.05, 0) is 6.07 Å². The Bertz CT molecular complexity index is 786. The molecular weight excluding hydrogens is 277 g/mol. The maximum absolute atomic E-state index is 13.6. The minimum absolute atomic E-state index is 0.0617. The summed E-state index contributed by atoms with van der Waals surface area (Å²) >= 11 is 0. The standard InChI is InChI=1S/C10H8FN3O4S/c11-7-2-9-8(1-6(7)10(15)16)12-13-14(9)5-3-19(17,18)4-5/h1-2,5H,3-4H2,(H,15,16). The van der Waals surface area contributed by atoms with Gasteiger partial charge < -0.3 is 5.11 Å². The van der Waals surface area contributed by atoms with Crippen molar-refractivity contribution in [2.45, 2.75) is 6.04 Å². The number of fused-ring (bicyclic) bond motifs is 1. The van der Waals surface area contributed by atoms with Crippen molar-refractivity contribution in [1.29, 1.82) is 0 Å². The zero-order chi connectivity index (χ0) is 13.8. The van der Waals surface area contributed by atoms with Gasteiger partial charge in [0.15, 0.2) is 9.84 Å². The molecule has 9 heteroatoms. The third-order valence-electron chi connectivity index (χ3n) is 3.03. The summed E-state index contributed by atoms with van der Waals surface area (Å²) in [4.78, 5) is 10.8. The van der Waals surface area contributed by atoms with Crippen LogP contribution in [-0.2, 0) is 9.84 Å². The zero-order valence-corrected chi connectivity index (χ0v) is 10.3. The molecule has 2 heterocycles. The molecule has 0 atom stereocenters. The molecule has 2 aromatic rings. The summed E-state index contributed by atoms with van der Waals surface area (Å²) in [6.45, 7) is 0. The van der Waals surface area contributed by atoms with Crippen molar-refractivity contribution in [1.82, 2.24) is 15.0 Å². The van der Waals surface area contributed by atoms with Crippen LogP contribution < -0.4 is 0 Å². The van der Waals surface area contributed by atoms with Gasteiger partial charge in [0, 0.05) is 6.07 Å². The first-order valence-corrected chi connectivity index (χ1v) is 7.18. The normalized spacial score (nSPS) is 18.4. The molecule has 19 heavy (non-hydrogen) atoms. The van der Waals surface area contributed by atoms with E-state index >= 15 is 0 Å². The summed E-state index contributed by atoms with van der Waals surface area (Å²) < 4.78 is 37.2. The first-order chi connectivity index (χ1) is 8.87. The number of carboxylic acids is 1. The van der Waals surface area contributed by atoms with E-state index in [1.807, 2.05) is 0 Å². The molecule has 0 unspecified atom stereocenters. The Balaban J connectivity index is 2.09. The average Bonchev–Trinajstić information content (AvgIpc) is 2.66. The summed E-state index contributed by atoms with van der Waals surface area (Å²) in [7, 11) is -3.03. The molecular formula is C10H8FN3O4S. The number of hydrogen-bond acceptors (Lipinski definition) is 5. The van der Waals surface area contributed by atoms with Gasteiger partial charge in [-0.3, -0.25) is 0 Å². The topological polar surface area (TPSA) is 102 Å². The molecule has 0 amide bonds. The third kappa shape index (κ3) is 1.86. The van der Waals surface area contributed by atoms with Gasteiger partial charge >= 0.3 is 5.97 Å². The van der Waals surface area contributed by atoms with Crippen LogP contribution in [0.15, 0.2) is 12.1 Å².